The second kappa shape index (κ2) is 16.9. The number of amides is 4. The quantitative estimate of drug-likeness (QED) is 0.167. The van der Waals surface area contributed by atoms with Crippen LogP contribution in [-0.4, -0.2) is 50.6 Å². The number of hydrogen-bond acceptors (Lipinski definition) is 4. The van der Waals surface area contributed by atoms with Crippen LogP contribution in [0.1, 0.15) is 85.1 Å². The van der Waals surface area contributed by atoms with Crippen LogP contribution in [-0.2, 0) is 20.6 Å². The standard InChI is InChI=1S/C34H50N4O4.CH4/c1-23(2)27-13-11-15-29(19-27)33(7,8)37-31(39)35-25(5)21-41-17-18-42-22-26(6)36-32(40)38-34(9,10)30-16-12-14-28(20-30)24(3)4;/h11-16,19-20,25-26H,1,3,17-18,21-22H2,2,4-10H3,(H2,35,37,39)(H2,36,38,40);1H4. The summed E-state index contributed by atoms with van der Waals surface area (Å²) in [6, 6.07) is 15.1. The predicted molar refractivity (Wildman–Crippen MR) is 179 cm³/mol. The Bertz CT molecular complexity index is 1140. The van der Waals surface area contributed by atoms with Gasteiger partial charge in [0.15, 0.2) is 0 Å². The first-order valence-corrected chi connectivity index (χ1v) is 14.5. The number of allylic oxidation sites excluding steroid dienone is 2. The third-order valence-corrected chi connectivity index (χ3v) is 6.87. The highest BCUT2D eigenvalue weighted by Gasteiger charge is 2.25. The fourth-order valence-corrected chi connectivity index (χ4v) is 4.30. The van der Waals surface area contributed by atoms with Crippen LogP contribution in [0.5, 0.6) is 0 Å². The minimum absolute atomic E-state index is 0. The molecule has 0 spiro atoms. The summed E-state index contributed by atoms with van der Waals surface area (Å²) in [7, 11) is 0. The molecule has 0 saturated heterocycles. The number of nitrogens with one attached hydrogen (secondary N) is 4. The predicted octanol–water partition coefficient (Wildman–Crippen LogP) is 6.97. The van der Waals surface area contributed by atoms with E-state index in [1.165, 1.54) is 0 Å². The Kier molecular flexibility index (Phi) is 14.7. The van der Waals surface area contributed by atoms with Gasteiger partial charge in [-0.25, -0.2) is 9.59 Å². The highest BCUT2D eigenvalue weighted by Crippen LogP contribution is 2.24. The smallest absolute Gasteiger partial charge is 0.315 e. The molecular formula is C35H54N4O4. The molecule has 4 amide bonds. The van der Waals surface area contributed by atoms with Crippen LogP contribution < -0.4 is 21.3 Å². The monoisotopic (exact) mass is 594 g/mol. The molecule has 0 aliphatic rings. The van der Waals surface area contributed by atoms with Crippen LogP contribution in [0.3, 0.4) is 0 Å². The summed E-state index contributed by atoms with van der Waals surface area (Å²) in [6.07, 6.45) is 0. The van der Waals surface area contributed by atoms with Gasteiger partial charge in [0.2, 0.25) is 0 Å². The Labute approximate surface area is 259 Å². The molecular weight excluding hydrogens is 540 g/mol. The van der Waals surface area contributed by atoms with E-state index in [-0.39, 0.29) is 31.6 Å². The normalized spacial score (nSPS) is 12.7. The number of carbonyl (C=O) groups excluding carboxylic acids is 2. The molecule has 8 nitrogen and oxygen atoms in total. The summed E-state index contributed by atoms with van der Waals surface area (Å²) in [5.41, 5.74) is 4.92. The van der Waals surface area contributed by atoms with Crippen LogP contribution in [0, 0.1) is 0 Å². The van der Waals surface area contributed by atoms with Crippen molar-refractivity contribution in [2.45, 2.75) is 86.0 Å². The zero-order valence-electron chi connectivity index (χ0n) is 26.6. The summed E-state index contributed by atoms with van der Waals surface area (Å²) in [4.78, 5) is 25.2. The van der Waals surface area contributed by atoms with E-state index < -0.39 is 11.1 Å². The number of rotatable bonds is 15. The fourth-order valence-electron chi connectivity index (χ4n) is 4.30. The Morgan fingerprint density at radius 3 is 1.40 bits per heavy atom. The van der Waals surface area contributed by atoms with E-state index in [9.17, 15) is 9.59 Å². The molecule has 2 aromatic carbocycles. The number of benzene rings is 2. The van der Waals surface area contributed by atoms with E-state index in [0.717, 1.165) is 33.4 Å². The first kappa shape index (κ1) is 37.4. The lowest BCUT2D eigenvalue weighted by molar-refractivity contribution is 0.0361. The summed E-state index contributed by atoms with van der Waals surface area (Å²) in [6.45, 7) is 25.0. The van der Waals surface area contributed by atoms with E-state index in [1.807, 2.05) is 104 Å². The summed E-state index contributed by atoms with van der Waals surface area (Å²) in [5.74, 6) is 0. The molecule has 0 fully saturated rings. The Hall–Kier alpha value is -3.62. The molecule has 0 radical (unpaired) electrons. The molecule has 238 valence electrons. The molecule has 0 aromatic heterocycles. The first-order chi connectivity index (χ1) is 19.6. The SMILES string of the molecule is C.C=C(C)c1cccc(C(C)(C)NC(=O)NC(C)COCCOCC(C)NC(=O)NC(C)(C)c2cccc(C(=C)C)c2)c1. The maximum Gasteiger partial charge on any atom is 0.315 e. The average Bonchev–Trinajstić information content (AvgIpc) is 2.89. The molecule has 0 aliphatic carbocycles. The number of hydrogen-bond donors (Lipinski definition) is 4. The summed E-state index contributed by atoms with van der Waals surface area (Å²) < 4.78 is 11.3. The van der Waals surface area contributed by atoms with Crippen LogP contribution in [0.25, 0.3) is 11.1 Å². The van der Waals surface area contributed by atoms with Gasteiger partial charge >= 0.3 is 12.1 Å². The van der Waals surface area contributed by atoms with E-state index in [1.54, 1.807) is 0 Å². The van der Waals surface area contributed by atoms with E-state index in [4.69, 9.17) is 9.47 Å². The van der Waals surface area contributed by atoms with Crippen molar-refractivity contribution in [1.82, 2.24) is 21.3 Å². The molecule has 2 unspecified atom stereocenters. The van der Waals surface area contributed by atoms with Crippen molar-refractivity contribution in [1.29, 1.82) is 0 Å². The average molecular weight is 595 g/mol. The third kappa shape index (κ3) is 12.6. The van der Waals surface area contributed by atoms with Crippen molar-refractivity contribution in [3.63, 3.8) is 0 Å². The van der Waals surface area contributed by atoms with Crippen molar-refractivity contribution in [3.05, 3.63) is 83.9 Å². The molecule has 2 rings (SSSR count). The van der Waals surface area contributed by atoms with Gasteiger partial charge in [-0.05, 0) is 89.8 Å². The summed E-state index contributed by atoms with van der Waals surface area (Å²) >= 11 is 0. The van der Waals surface area contributed by atoms with Crippen molar-refractivity contribution in [2.75, 3.05) is 26.4 Å². The van der Waals surface area contributed by atoms with Crippen LogP contribution in [0.4, 0.5) is 9.59 Å². The van der Waals surface area contributed by atoms with Crippen molar-refractivity contribution >= 4 is 23.2 Å². The number of ether oxygens (including phenoxy) is 2. The summed E-state index contributed by atoms with van der Waals surface area (Å²) in [5, 5.41) is 11.9. The second-order valence-electron chi connectivity index (χ2n) is 12.1. The van der Waals surface area contributed by atoms with Gasteiger partial charge in [-0.2, -0.15) is 0 Å². The molecule has 4 N–H and O–H groups in total. The lowest BCUT2D eigenvalue weighted by Crippen LogP contribution is -2.50. The van der Waals surface area contributed by atoms with Gasteiger partial charge in [0.1, 0.15) is 0 Å². The molecule has 0 aliphatic heterocycles. The number of urea groups is 2. The van der Waals surface area contributed by atoms with E-state index in [0.29, 0.717) is 26.4 Å². The van der Waals surface area contributed by atoms with Gasteiger partial charge in [-0.15, -0.1) is 0 Å². The molecule has 0 saturated carbocycles. The van der Waals surface area contributed by atoms with Crippen LogP contribution in [0.2, 0.25) is 0 Å². The first-order valence-electron chi connectivity index (χ1n) is 14.5. The lowest BCUT2D eigenvalue weighted by Gasteiger charge is -2.28. The third-order valence-electron chi connectivity index (χ3n) is 6.87. The zero-order chi connectivity index (χ0) is 31.5. The topological polar surface area (TPSA) is 101 Å². The van der Waals surface area contributed by atoms with Gasteiger partial charge in [0, 0.05) is 0 Å². The van der Waals surface area contributed by atoms with Crippen molar-refractivity contribution in [3.8, 4) is 0 Å². The van der Waals surface area contributed by atoms with E-state index in [2.05, 4.69) is 34.4 Å². The van der Waals surface area contributed by atoms with Crippen LogP contribution in [0.15, 0.2) is 61.7 Å². The molecule has 0 heterocycles. The second-order valence-corrected chi connectivity index (χ2v) is 12.1. The minimum atomic E-state index is -0.558. The molecule has 2 aromatic rings. The minimum Gasteiger partial charge on any atom is -0.377 e. The van der Waals surface area contributed by atoms with E-state index >= 15 is 0 Å². The van der Waals surface area contributed by atoms with Crippen molar-refractivity contribution < 1.29 is 19.1 Å². The molecule has 43 heavy (non-hydrogen) atoms. The van der Waals surface area contributed by atoms with Crippen molar-refractivity contribution in [2.24, 2.45) is 0 Å². The maximum atomic E-state index is 12.6. The highest BCUT2D eigenvalue weighted by molar-refractivity contribution is 5.76. The van der Waals surface area contributed by atoms with Gasteiger partial charge in [-0.3, -0.25) is 0 Å². The van der Waals surface area contributed by atoms with Gasteiger partial charge < -0.3 is 30.7 Å². The van der Waals surface area contributed by atoms with Gasteiger partial charge in [0.05, 0.1) is 49.6 Å². The van der Waals surface area contributed by atoms with Gasteiger partial charge in [-0.1, -0.05) is 68.1 Å². The fraction of sp³-hybridized carbons (Fsp3) is 0.486. The number of carbonyl (C=O) groups is 2. The Balaban J connectivity index is 0.00000924. The highest BCUT2D eigenvalue weighted by atomic mass is 16.5. The molecule has 8 heteroatoms. The maximum absolute atomic E-state index is 12.6. The van der Waals surface area contributed by atoms with Gasteiger partial charge in [0.25, 0.3) is 0 Å². The molecule has 0 bridgehead atoms. The van der Waals surface area contributed by atoms with Crippen LogP contribution >= 0.6 is 0 Å². The zero-order valence-corrected chi connectivity index (χ0v) is 26.6. The molecule has 2 atom stereocenters. The largest absolute Gasteiger partial charge is 0.377 e. The Morgan fingerprint density at radius 2 is 1.07 bits per heavy atom. The Morgan fingerprint density at radius 1 is 0.721 bits per heavy atom. The lowest BCUT2D eigenvalue weighted by atomic mass is 9.92.